The van der Waals surface area contributed by atoms with Crippen molar-refractivity contribution in [2.24, 2.45) is 0 Å². The van der Waals surface area contributed by atoms with E-state index in [1.807, 2.05) is 54.6 Å². The second kappa shape index (κ2) is 11.9. The second-order valence-corrected chi connectivity index (χ2v) is 9.55. The van der Waals surface area contributed by atoms with Crippen LogP contribution in [-0.2, 0) is 22.5 Å². The van der Waals surface area contributed by atoms with Crippen molar-refractivity contribution in [3.63, 3.8) is 0 Å². The molecule has 0 radical (unpaired) electrons. The molecule has 1 aliphatic rings. The van der Waals surface area contributed by atoms with E-state index in [0.29, 0.717) is 19.8 Å². The highest BCUT2D eigenvalue weighted by Crippen LogP contribution is 2.25. The number of carbonyl (C=O) groups excluding carboxylic acids is 1. The highest BCUT2D eigenvalue weighted by molar-refractivity contribution is 7.99. The molecule has 8 heteroatoms. The largest absolute Gasteiger partial charge is 0.378 e. The van der Waals surface area contributed by atoms with Crippen molar-refractivity contribution in [1.29, 1.82) is 0 Å². The van der Waals surface area contributed by atoms with Crippen LogP contribution in [0.25, 0.3) is 0 Å². The number of hydrogen-bond donors (Lipinski definition) is 1. The summed E-state index contributed by atoms with van der Waals surface area (Å²) in [6.07, 6.45) is 0.763. The van der Waals surface area contributed by atoms with Crippen LogP contribution < -0.4 is 10.2 Å². The Hall–Kier alpha value is -3.62. The van der Waals surface area contributed by atoms with Gasteiger partial charge in [-0.3, -0.25) is 9.36 Å². The van der Waals surface area contributed by atoms with Crippen LogP contribution in [0.3, 0.4) is 0 Å². The van der Waals surface area contributed by atoms with Gasteiger partial charge in [0, 0.05) is 18.8 Å². The Bertz CT molecular complexity index is 1270. The van der Waals surface area contributed by atoms with Crippen molar-refractivity contribution in [2.45, 2.75) is 18.1 Å². The molecule has 1 aliphatic heterocycles. The van der Waals surface area contributed by atoms with Crippen LogP contribution in [0.15, 0.2) is 90.1 Å². The van der Waals surface area contributed by atoms with Crippen molar-refractivity contribution < 1.29 is 9.53 Å². The van der Waals surface area contributed by atoms with Gasteiger partial charge in [0.25, 0.3) is 0 Å². The summed E-state index contributed by atoms with van der Waals surface area (Å²) in [5.74, 6) is 0.997. The maximum atomic E-state index is 13.0. The van der Waals surface area contributed by atoms with Crippen LogP contribution in [0, 0.1) is 0 Å². The summed E-state index contributed by atoms with van der Waals surface area (Å²) in [6.45, 7) is 3.54. The van der Waals surface area contributed by atoms with E-state index in [9.17, 15) is 4.79 Å². The Morgan fingerprint density at radius 2 is 1.53 bits per heavy atom. The highest BCUT2D eigenvalue weighted by atomic mass is 32.2. The molecule has 0 atom stereocenters. The maximum Gasteiger partial charge on any atom is 0.234 e. The normalized spacial score (nSPS) is 13.5. The van der Waals surface area contributed by atoms with Gasteiger partial charge < -0.3 is 15.0 Å². The number of rotatable bonds is 9. The van der Waals surface area contributed by atoms with Gasteiger partial charge in [-0.05, 0) is 29.2 Å². The fourth-order valence-corrected chi connectivity index (χ4v) is 4.95. The molecule has 1 N–H and O–H groups in total. The van der Waals surface area contributed by atoms with Crippen molar-refractivity contribution in [3.05, 3.63) is 102 Å². The molecule has 1 saturated heterocycles. The first-order valence-electron chi connectivity index (χ1n) is 12.1. The maximum absolute atomic E-state index is 13.0. The summed E-state index contributed by atoms with van der Waals surface area (Å²) >= 11 is 1.41. The molecule has 1 aromatic heterocycles. The number of morpholine rings is 1. The molecule has 7 nitrogen and oxygen atoms in total. The Morgan fingerprint density at radius 1 is 0.861 bits per heavy atom. The molecular weight excluding hydrogens is 470 g/mol. The number of thioether (sulfide) groups is 1. The van der Waals surface area contributed by atoms with E-state index in [2.05, 4.69) is 55.3 Å². The first kappa shape index (κ1) is 24.1. The van der Waals surface area contributed by atoms with E-state index in [-0.39, 0.29) is 11.7 Å². The molecule has 0 spiro atoms. The SMILES string of the molecule is O=C(CSc1nnc(N2CCOCC2)n1Cc1ccccc1)Nc1ccccc1Cc1ccccc1. The number of ether oxygens (including phenoxy) is 1. The van der Waals surface area contributed by atoms with Crippen LogP contribution in [0.2, 0.25) is 0 Å². The highest BCUT2D eigenvalue weighted by Gasteiger charge is 2.21. The third-order valence-electron chi connectivity index (χ3n) is 6.04. The van der Waals surface area contributed by atoms with Crippen LogP contribution in [0.5, 0.6) is 0 Å². The summed E-state index contributed by atoms with van der Waals surface area (Å²) in [7, 11) is 0. The average molecular weight is 500 g/mol. The number of nitrogens with one attached hydrogen (secondary N) is 1. The molecule has 36 heavy (non-hydrogen) atoms. The zero-order chi connectivity index (χ0) is 24.6. The van der Waals surface area contributed by atoms with Gasteiger partial charge in [-0.2, -0.15) is 0 Å². The summed E-state index contributed by atoms with van der Waals surface area (Å²) in [5, 5.41) is 12.8. The molecule has 0 unspecified atom stereocenters. The molecule has 5 rings (SSSR count). The smallest absolute Gasteiger partial charge is 0.234 e. The van der Waals surface area contributed by atoms with Gasteiger partial charge in [-0.15, -0.1) is 10.2 Å². The summed E-state index contributed by atoms with van der Waals surface area (Å²) < 4.78 is 7.61. The monoisotopic (exact) mass is 499 g/mol. The van der Waals surface area contributed by atoms with Gasteiger partial charge >= 0.3 is 0 Å². The number of aromatic nitrogens is 3. The Balaban J connectivity index is 1.28. The fourth-order valence-electron chi connectivity index (χ4n) is 4.22. The predicted octanol–water partition coefficient (Wildman–Crippen LogP) is 4.48. The minimum absolute atomic E-state index is 0.0669. The molecular formula is C28H29N5O2S. The second-order valence-electron chi connectivity index (χ2n) is 8.61. The molecule has 4 aromatic rings. The number of carbonyl (C=O) groups is 1. The van der Waals surface area contributed by atoms with E-state index in [0.717, 1.165) is 47.4 Å². The lowest BCUT2D eigenvalue weighted by atomic mass is 10.0. The van der Waals surface area contributed by atoms with Crippen molar-refractivity contribution in [3.8, 4) is 0 Å². The third-order valence-corrected chi connectivity index (χ3v) is 7.00. The summed E-state index contributed by atoms with van der Waals surface area (Å²) in [6, 6.07) is 28.5. The van der Waals surface area contributed by atoms with Gasteiger partial charge in [0.2, 0.25) is 11.9 Å². The third kappa shape index (κ3) is 6.13. The van der Waals surface area contributed by atoms with Gasteiger partial charge in [-0.1, -0.05) is 90.6 Å². The average Bonchev–Trinajstić information content (AvgIpc) is 3.32. The lowest BCUT2D eigenvalue weighted by molar-refractivity contribution is -0.113. The van der Waals surface area contributed by atoms with Crippen molar-refractivity contribution in [2.75, 3.05) is 42.3 Å². The van der Waals surface area contributed by atoms with Gasteiger partial charge in [-0.25, -0.2) is 0 Å². The van der Waals surface area contributed by atoms with Crippen LogP contribution in [0.4, 0.5) is 11.6 Å². The number of hydrogen-bond acceptors (Lipinski definition) is 6. The molecule has 2 heterocycles. The zero-order valence-corrected chi connectivity index (χ0v) is 20.9. The predicted molar refractivity (Wildman–Crippen MR) is 144 cm³/mol. The Morgan fingerprint density at radius 3 is 2.28 bits per heavy atom. The van der Waals surface area contributed by atoms with Gasteiger partial charge in [0.05, 0.1) is 25.5 Å². The molecule has 0 saturated carbocycles. The first-order valence-corrected chi connectivity index (χ1v) is 13.1. The number of anilines is 2. The van der Waals surface area contributed by atoms with E-state index < -0.39 is 0 Å². The van der Waals surface area contributed by atoms with Crippen LogP contribution in [-0.4, -0.2) is 52.7 Å². The summed E-state index contributed by atoms with van der Waals surface area (Å²) in [4.78, 5) is 15.2. The van der Waals surface area contributed by atoms with Gasteiger partial charge in [0.1, 0.15) is 0 Å². The van der Waals surface area contributed by atoms with E-state index >= 15 is 0 Å². The quantitative estimate of drug-likeness (QED) is 0.342. The van der Waals surface area contributed by atoms with Crippen LogP contribution in [0.1, 0.15) is 16.7 Å². The van der Waals surface area contributed by atoms with E-state index in [1.54, 1.807) is 0 Å². The molecule has 184 valence electrons. The van der Waals surface area contributed by atoms with Crippen LogP contribution >= 0.6 is 11.8 Å². The zero-order valence-electron chi connectivity index (χ0n) is 20.0. The summed E-state index contributed by atoms with van der Waals surface area (Å²) in [5.41, 5.74) is 4.29. The number of benzene rings is 3. The standard InChI is InChI=1S/C28H29N5O2S/c34-26(29-25-14-8-7-13-24(25)19-22-9-3-1-4-10-22)21-36-28-31-30-27(32-15-17-35-18-16-32)33(28)20-23-11-5-2-6-12-23/h1-14H,15-21H2,(H,29,34). The van der Waals surface area contributed by atoms with E-state index in [4.69, 9.17) is 4.74 Å². The lowest BCUT2D eigenvalue weighted by Crippen LogP contribution is -2.38. The first-order chi connectivity index (χ1) is 17.8. The molecule has 1 amide bonds. The Labute approximate surface area is 215 Å². The van der Waals surface area contributed by atoms with Crippen molar-refractivity contribution >= 4 is 29.3 Å². The van der Waals surface area contributed by atoms with E-state index in [1.165, 1.54) is 17.3 Å². The topological polar surface area (TPSA) is 72.3 Å². The number of nitrogens with zero attached hydrogens (tertiary/aromatic N) is 4. The van der Waals surface area contributed by atoms with Gasteiger partial charge in [0.15, 0.2) is 5.16 Å². The molecule has 1 fully saturated rings. The molecule has 0 bridgehead atoms. The lowest BCUT2D eigenvalue weighted by Gasteiger charge is -2.28. The van der Waals surface area contributed by atoms with Crippen molar-refractivity contribution in [1.82, 2.24) is 14.8 Å². The molecule has 3 aromatic carbocycles. The number of amides is 1. The minimum atomic E-state index is -0.0669. The fraction of sp³-hybridized carbons (Fsp3) is 0.250. The number of para-hydroxylation sites is 1. The molecule has 0 aliphatic carbocycles. The minimum Gasteiger partial charge on any atom is -0.378 e. The Kier molecular flexibility index (Phi) is 7.95.